The van der Waals surface area contributed by atoms with Gasteiger partial charge < -0.3 is 10.2 Å². The predicted octanol–water partition coefficient (Wildman–Crippen LogP) is 2.30. The van der Waals surface area contributed by atoms with E-state index < -0.39 is 0 Å². The number of carbonyl (C=O) groups is 1. The molecule has 115 valence electrons. The topological polar surface area (TPSA) is 52.2 Å². The Hall–Kier alpha value is -1.04. The van der Waals surface area contributed by atoms with E-state index in [2.05, 4.69) is 22.8 Å². The van der Waals surface area contributed by atoms with Gasteiger partial charge in [0.1, 0.15) is 0 Å². The van der Waals surface area contributed by atoms with Crippen molar-refractivity contribution < 1.29 is 9.90 Å². The monoisotopic (exact) mass is 307 g/mol. The molecule has 1 aromatic carbocycles. The third-order valence-corrected chi connectivity index (χ3v) is 4.31. The average Bonchev–Trinajstić information content (AvgIpc) is 2.46. The Morgan fingerprint density at radius 3 is 2.71 bits per heavy atom. The number of rotatable bonds is 5. The molecule has 4 nitrogen and oxygen atoms in total. The van der Waals surface area contributed by atoms with E-state index in [1.165, 1.54) is 0 Å². The van der Waals surface area contributed by atoms with Gasteiger partial charge in [0.15, 0.2) is 0 Å². The predicted molar refractivity (Wildman–Crippen MR) is 85.5 cm³/mol. The highest BCUT2D eigenvalue weighted by molar-refractivity contribution is 7.80. The zero-order valence-electron chi connectivity index (χ0n) is 12.5. The Morgan fingerprint density at radius 1 is 1.38 bits per heavy atom. The van der Waals surface area contributed by atoms with Crippen molar-refractivity contribution in [3.8, 4) is 0 Å². The molecule has 1 N–H and O–H groups in total. The molecule has 0 spiro atoms. The van der Waals surface area contributed by atoms with Gasteiger partial charge in [0.2, 0.25) is 0 Å². The molecule has 1 aliphatic heterocycles. The highest BCUT2D eigenvalue weighted by atomic mass is 32.1. The van der Waals surface area contributed by atoms with E-state index in [4.69, 9.17) is 0 Å². The molecule has 0 unspecified atom stereocenters. The van der Waals surface area contributed by atoms with Crippen LogP contribution < -0.4 is 5.32 Å². The summed E-state index contributed by atoms with van der Waals surface area (Å²) in [5.74, 6) is -0.0435. The SMILES string of the molecule is Cc1ccc(C(=O)NC2CCN(CCC[O])CC2)c(S)c1. The van der Waals surface area contributed by atoms with Gasteiger partial charge in [-0.25, -0.2) is 5.11 Å². The fraction of sp³-hybridized carbons (Fsp3) is 0.562. The zero-order chi connectivity index (χ0) is 15.2. The molecule has 1 aromatic rings. The van der Waals surface area contributed by atoms with Gasteiger partial charge in [-0.1, -0.05) is 6.07 Å². The van der Waals surface area contributed by atoms with E-state index in [9.17, 15) is 9.90 Å². The normalized spacial score (nSPS) is 16.9. The summed E-state index contributed by atoms with van der Waals surface area (Å²) >= 11 is 4.38. The van der Waals surface area contributed by atoms with Crippen LogP contribution in [0.15, 0.2) is 23.1 Å². The Labute approximate surface area is 131 Å². The molecule has 1 saturated heterocycles. The number of nitrogens with one attached hydrogen (secondary N) is 1. The second kappa shape index (κ2) is 7.82. The average molecular weight is 307 g/mol. The van der Waals surface area contributed by atoms with Gasteiger partial charge >= 0.3 is 0 Å². The number of benzene rings is 1. The van der Waals surface area contributed by atoms with Crippen molar-refractivity contribution in [3.05, 3.63) is 29.3 Å². The second-order valence-electron chi connectivity index (χ2n) is 5.67. The lowest BCUT2D eigenvalue weighted by Crippen LogP contribution is -2.45. The lowest BCUT2D eigenvalue weighted by Gasteiger charge is -2.32. The van der Waals surface area contributed by atoms with Crippen LogP contribution in [0.4, 0.5) is 0 Å². The van der Waals surface area contributed by atoms with Crippen molar-refractivity contribution in [1.82, 2.24) is 10.2 Å². The van der Waals surface area contributed by atoms with Gasteiger partial charge in [-0.2, -0.15) is 0 Å². The first-order valence-electron chi connectivity index (χ1n) is 7.51. The molecule has 0 atom stereocenters. The highest BCUT2D eigenvalue weighted by Gasteiger charge is 2.21. The maximum Gasteiger partial charge on any atom is 0.252 e. The van der Waals surface area contributed by atoms with Crippen molar-refractivity contribution in [2.75, 3.05) is 26.2 Å². The van der Waals surface area contributed by atoms with Crippen LogP contribution in [-0.4, -0.2) is 43.1 Å². The first-order chi connectivity index (χ1) is 10.1. The van der Waals surface area contributed by atoms with E-state index in [-0.39, 0.29) is 18.6 Å². The number of amides is 1. The lowest BCUT2D eigenvalue weighted by molar-refractivity contribution is 0.0904. The zero-order valence-corrected chi connectivity index (χ0v) is 13.4. The molecule has 0 saturated carbocycles. The summed E-state index contributed by atoms with van der Waals surface area (Å²) in [4.78, 5) is 15.3. The Balaban J connectivity index is 1.84. The minimum atomic E-state index is -0.0435. The highest BCUT2D eigenvalue weighted by Crippen LogP contribution is 2.17. The first-order valence-corrected chi connectivity index (χ1v) is 7.96. The summed E-state index contributed by atoms with van der Waals surface area (Å²) < 4.78 is 0. The number of thiol groups is 1. The van der Waals surface area contributed by atoms with Crippen LogP contribution in [0.5, 0.6) is 0 Å². The molecule has 0 aromatic heterocycles. The molecular formula is C16H23N2O2S. The fourth-order valence-corrected chi connectivity index (χ4v) is 3.07. The van der Waals surface area contributed by atoms with E-state index in [0.29, 0.717) is 12.0 Å². The third-order valence-electron chi connectivity index (χ3n) is 3.94. The van der Waals surface area contributed by atoms with Gasteiger partial charge in [-0.05, 0) is 43.9 Å². The summed E-state index contributed by atoms with van der Waals surface area (Å²) in [7, 11) is 0. The number of nitrogens with zero attached hydrogens (tertiary/aromatic N) is 1. The number of hydrogen-bond acceptors (Lipinski definition) is 3. The van der Waals surface area contributed by atoms with Crippen molar-refractivity contribution in [3.63, 3.8) is 0 Å². The molecule has 2 rings (SSSR count). The maximum absolute atomic E-state index is 12.3. The number of piperidine rings is 1. The quantitative estimate of drug-likeness (QED) is 0.820. The molecule has 1 heterocycles. The molecule has 1 aliphatic rings. The van der Waals surface area contributed by atoms with Gasteiger partial charge in [0, 0.05) is 30.6 Å². The number of aryl methyl sites for hydroxylation is 1. The van der Waals surface area contributed by atoms with Crippen LogP contribution in [0.2, 0.25) is 0 Å². The molecule has 1 radical (unpaired) electrons. The van der Waals surface area contributed by atoms with Crippen LogP contribution in [-0.2, 0) is 5.11 Å². The minimum absolute atomic E-state index is 0.00515. The van der Waals surface area contributed by atoms with Gasteiger partial charge in [0.25, 0.3) is 5.91 Å². The van der Waals surface area contributed by atoms with E-state index in [1.807, 2.05) is 25.1 Å². The van der Waals surface area contributed by atoms with Crippen molar-refractivity contribution in [2.45, 2.75) is 37.1 Å². The number of hydrogen-bond donors (Lipinski definition) is 2. The molecule has 0 aliphatic carbocycles. The minimum Gasteiger partial charge on any atom is -0.349 e. The van der Waals surface area contributed by atoms with Crippen molar-refractivity contribution in [1.29, 1.82) is 0 Å². The van der Waals surface area contributed by atoms with Gasteiger partial charge in [-0.3, -0.25) is 4.79 Å². The summed E-state index contributed by atoms with van der Waals surface area (Å²) in [6.45, 7) is 4.76. The molecule has 1 amide bonds. The van der Waals surface area contributed by atoms with Crippen LogP contribution in [0.25, 0.3) is 0 Å². The Kier molecular flexibility index (Phi) is 6.08. The standard InChI is InChI=1S/C16H23N2O2S/c1-12-3-4-14(15(21)11-12)16(20)17-13-5-8-18(9-6-13)7-2-10-19/h3-4,11,13,21H,2,5-10H2,1H3,(H,17,20). The van der Waals surface area contributed by atoms with Crippen molar-refractivity contribution in [2.24, 2.45) is 0 Å². The van der Waals surface area contributed by atoms with Crippen LogP contribution in [0.1, 0.15) is 35.2 Å². The largest absolute Gasteiger partial charge is 0.349 e. The summed E-state index contributed by atoms with van der Waals surface area (Å²) in [6, 6.07) is 5.88. The molecule has 21 heavy (non-hydrogen) atoms. The molecule has 0 bridgehead atoms. The summed E-state index contributed by atoms with van der Waals surface area (Å²) in [5.41, 5.74) is 1.74. The fourth-order valence-electron chi connectivity index (χ4n) is 2.69. The van der Waals surface area contributed by atoms with Gasteiger partial charge in [0.05, 0.1) is 12.2 Å². The van der Waals surface area contributed by atoms with Crippen LogP contribution in [0, 0.1) is 6.92 Å². The summed E-state index contributed by atoms with van der Waals surface area (Å²) in [6.07, 6.45) is 2.60. The van der Waals surface area contributed by atoms with Gasteiger partial charge in [-0.15, -0.1) is 12.6 Å². The first kappa shape index (κ1) is 16.3. The Morgan fingerprint density at radius 2 is 2.10 bits per heavy atom. The molecule has 5 heteroatoms. The van der Waals surface area contributed by atoms with Crippen LogP contribution >= 0.6 is 12.6 Å². The van der Waals surface area contributed by atoms with E-state index >= 15 is 0 Å². The van der Waals surface area contributed by atoms with E-state index in [0.717, 1.165) is 42.9 Å². The van der Waals surface area contributed by atoms with Crippen molar-refractivity contribution >= 4 is 18.5 Å². The molecular weight excluding hydrogens is 284 g/mol. The number of likely N-dealkylation sites (tertiary alicyclic amines) is 1. The maximum atomic E-state index is 12.3. The molecule has 1 fully saturated rings. The third kappa shape index (κ3) is 4.73. The van der Waals surface area contributed by atoms with E-state index in [1.54, 1.807) is 0 Å². The Bertz CT molecular complexity index is 485. The van der Waals surface area contributed by atoms with Crippen LogP contribution in [0.3, 0.4) is 0 Å². The summed E-state index contributed by atoms with van der Waals surface area (Å²) in [5, 5.41) is 13.6. The lowest BCUT2D eigenvalue weighted by atomic mass is 10.0. The number of carbonyl (C=O) groups excluding carboxylic acids is 1. The smallest absolute Gasteiger partial charge is 0.252 e. The second-order valence-corrected chi connectivity index (χ2v) is 6.15.